The van der Waals surface area contributed by atoms with Gasteiger partial charge in [0, 0.05) is 12.1 Å². The minimum atomic E-state index is -1.11. The average Bonchev–Trinajstić information content (AvgIpc) is 2.46. The molecule has 0 amide bonds. The summed E-state index contributed by atoms with van der Waals surface area (Å²) in [6.45, 7) is 0. The quantitative estimate of drug-likeness (QED) is 0.626. The van der Waals surface area contributed by atoms with Gasteiger partial charge in [0.2, 0.25) is 11.6 Å². The molecule has 0 saturated carbocycles. The van der Waals surface area contributed by atoms with Crippen molar-refractivity contribution in [1.29, 1.82) is 5.26 Å². The molecule has 0 fully saturated rings. The lowest BCUT2D eigenvalue weighted by Gasteiger charge is -2.10. The van der Waals surface area contributed by atoms with Crippen LogP contribution in [0.5, 0.6) is 17.2 Å². The lowest BCUT2D eigenvalue weighted by Crippen LogP contribution is -1.99. The molecule has 6 nitrogen and oxygen atoms in total. The van der Waals surface area contributed by atoms with Crippen LogP contribution in [0.4, 0.5) is 10.1 Å². The van der Waals surface area contributed by atoms with E-state index in [1.165, 1.54) is 25.3 Å². The third-order valence-corrected chi connectivity index (χ3v) is 3.04. The molecule has 2 aromatic carbocycles. The predicted octanol–water partition coefficient (Wildman–Crippen LogP) is 4.06. The number of nitriles is 1. The van der Waals surface area contributed by atoms with E-state index in [4.69, 9.17) is 26.3 Å². The van der Waals surface area contributed by atoms with Gasteiger partial charge in [0.1, 0.15) is 23.1 Å². The Kier molecular flexibility index (Phi) is 4.44. The lowest BCUT2D eigenvalue weighted by molar-refractivity contribution is -0.388. The molecule has 0 bridgehead atoms. The number of ether oxygens (including phenoxy) is 2. The van der Waals surface area contributed by atoms with Crippen molar-refractivity contribution in [3.8, 4) is 23.3 Å². The minimum Gasteiger partial charge on any atom is -0.497 e. The maximum atomic E-state index is 13.8. The first-order valence-corrected chi connectivity index (χ1v) is 6.24. The number of nitrogens with zero attached hydrogens (tertiary/aromatic N) is 2. The lowest BCUT2D eigenvalue weighted by atomic mass is 10.2. The molecule has 0 aliphatic heterocycles. The molecule has 2 rings (SSSR count). The van der Waals surface area contributed by atoms with Gasteiger partial charge < -0.3 is 9.47 Å². The molecule has 8 heteroatoms. The zero-order valence-electron chi connectivity index (χ0n) is 11.2. The Morgan fingerprint density at radius 2 is 2.09 bits per heavy atom. The second kappa shape index (κ2) is 6.28. The Labute approximate surface area is 129 Å². The van der Waals surface area contributed by atoms with Crippen molar-refractivity contribution in [3.05, 3.63) is 56.8 Å². The van der Waals surface area contributed by atoms with E-state index in [1.807, 2.05) is 6.07 Å². The van der Waals surface area contributed by atoms with Crippen molar-refractivity contribution < 1.29 is 18.8 Å². The highest BCUT2D eigenvalue weighted by Gasteiger charge is 2.25. The second-order valence-corrected chi connectivity index (χ2v) is 4.45. The van der Waals surface area contributed by atoms with Crippen molar-refractivity contribution in [2.24, 2.45) is 0 Å². The highest BCUT2D eigenvalue weighted by molar-refractivity contribution is 6.31. The first kappa shape index (κ1) is 15.5. The molecule has 0 N–H and O–H groups in total. The van der Waals surface area contributed by atoms with Crippen molar-refractivity contribution in [2.75, 3.05) is 7.11 Å². The number of benzene rings is 2. The van der Waals surface area contributed by atoms with Crippen molar-refractivity contribution >= 4 is 17.3 Å². The van der Waals surface area contributed by atoms with Crippen LogP contribution in [0.25, 0.3) is 0 Å². The molecule has 0 unspecified atom stereocenters. The van der Waals surface area contributed by atoms with Gasteiger partial charge in [-0.25, -0.2) is 0 Å². The summed E-state index contributed by atoms with van der Waals surface area (Å²) in [5, 5.41) is 20.2. The molecular formula is C14H8ClFN2O4. The van der Waals surface area contributed by atoms with Gasteiger partial charge in [-0.1, -0.05) is 17.7 Å². The number of nitro groups is 1. The van der Waals surface area contributed by atoms with Crippen molar-refractivity contribution in [3.63, 3.8) is 0 Å². The van der Waals surface area contributed by atoms with Gasteiger partial charge in [-0.05, 0) is 12.1 Å². The number of hydrogen-bond donors (Lipinski definition) is 0. The molecule has 0 atom stereocenters. The van der Waals surface area contributed by atoms with Gasteiger partial charge in [0.25, 0.3) is 0 Å². The summed E-state index contributed by atoms with van der Waals surface area (Å²) >= 11 is 5.85. The summed E-state index contributed by atoms with van der Waals surface area (Å²) in [4.78, 5) is 10.1. The Morgan fingerprint density at radius 1 is 1.36 bits per heavy atom. The van der Waals surface area contributed by atoms with Gasteiger partial charge in [-0.3, -0.25) is 10.1 Å². The Hall–Kier alpha value is -2.85. The summed E-state index contributed by atoms with van der Waals surface area (Å²) in [6, 6.07) is 8.21. The summed E-state index contributed by atoms with van der Waals surface area (Å²) < 4.78 is 24.0. The molecule has 0 aliphatic rings. The topological polar surface area (TPSA) is 85.4 Å². The average molecular weight is 323 g/mol. The van der Waals surface area contributed by atoms with Crippen LogP contribution in [0.15, 0.2) is 30.3 Å². The molecule has 0 heterocycles. The SMILES string of the molecule is COc1cc(F)c([N+](=O)[O-])c(Oc2cccc(Cl)c2C#N)c1. The summed E-state index contributed by atoms with van der Waals surface area (Å²) in [7, 11) is 1.28. The molecule has 0 spiro atoms. The Bertz CT molecular complexity index is 789. The summed E-state index contributed by atoms with van der Waals surface area (Å²) in [5.41, 5.74) is -0.869. The molecule has 0 aliphatic carbocycles. The minimum absolute atomic E-state index is 0.0123. The fourth-order valence-corrected chi connectivity index (χ4v) is 1.95. The summed E-state index contributed by atoms with van der Waals surface area (Å²) in [6.07, 6.45) is 0. The van der Waals surface area contributed by atoms with Gasteiger partial charge in [0.05, 0.1) is 17.1 Å². The molecule has 2 aromatic rings. The fraction of sp³-hybridized carbons (Fsp3) is 0.0714. The van der Waals surface area contributed by atoms with E-state index in [1.54, 1.807) is 0 Å². The van der Waals surface area contributed by atoms with Gasteiger partial charge >= 0.3 is 5.69 Å². The zero-order chi connectivity index (χ0) is 16.3. The second-order valence-electron chi connectivity index (χ2n) is 4.04. The predicted molar refractivity (Wildman–Crippen MR) is 75.8 cm³/mol. The van der Waals surface area contributed by atoms with Gasteiger partial charge in [-0.2, -0.15) is 9.65 Å². The monoisotopic (exact) mass is 322 g/mol. The van der Waals surface area contributed by atoms with Crippen LogP contribution in [-0.4, -0.2) is 12.0 Å². The highest BCUT2D eigenvalue weighted by atomic mass is 35.5. The number of hydrogen-bond acceptors (Lipinski definition) is 5. The van der Waals surface area contributed by atoms with Crippen LogP contribution < -0.4 is 9.47 Å². The first-order valence-electron chi connectivity index (χ1n) is 5.86. The van der Waals surface area contributed by atoms with Crippen molar-refractivity contribution in [1.82, 2.24) is 0 Å². The maximum Gasteiger partial charge on any atom is 0.347 e. The van der Waals surface area contributed by atoms with E-state index in [9.17, 15) is 14.5 Å². The van der Waals surface area contributed by atoms with E-state index < -0.39 is 16.4 Å². The van der Waals surface area contributed by atoms with E-state index in [-0.39, 0.29) is 27.8 Å². The number of halogens is 2. The van der Waals surface area contributed by atoms with Crippen molar-refractivity contribution in [2.45, 2.75) is 0 Å². The third-order valence-electron chi connectivity index (χ3n) is 2.73. The number of methoxy groups -OCH3 is 1. The fourth-order valence-electron chi connectivity index (χ4n) is 1.74. The molecule has 0 saturated heterocycles. The van der Waals surface area contributed by atoms with Crippen LogP contribution in [0.3, 0.4) is 0 Å². The molecular weight excluding hydrogens is 315 g/mol. The van der Waals surface area contributed by atoms with Crippen LogP contribution in [-0.2, 0) is 0 Å². The standard InChI is InChI=1S/C14H8ClFN2O4/c1-21-8-5-11(16)14(18(19)20)13(6-8)22-12-4-2-3-10(15)9(12)7-17/h2-6H,1H3. The Morgan fingerprint density at radius 3 is 2.68 bits per heavy atom. The Balaban J connectivity index is 2.59. The number of nitro benzene ring substituents is 1. The molecule has 112 valence electrons. The molecule has 0 aromatic heterocycles. The maximum absolute atomic E-state index is 13.8. The largest absolute Gasteiger partial charge is 0.497 e. The first-order chi connectivity index (χ1) is 10.5. The van der Waals surface area contributed by atoms with E-state index in [0.717, 1.165) is 12.1 Å². The number of rotatable bonds is 4. The highest BCUT2D eigenvalue weighted by Crippen LogP contribution is 2.39. The molecule has 22 heavy (non-hydrogen) atoms. The van der Waals surface area contributed by atoms with Gasteiger partial charge in [-0.15, -0.1) is 0 Å². The van der Waals surface area contributed by atoms with E-state index >= 15 is 0 Å². The molecule has 0 radical (unpaired) electrons. The zero-order valence-corrected chi connectivity index (χ0v) is 11.9. The third kappa shape index (κ3) is 2.92. The van der Waals surface area contributed by atoms with Gasteiger partial charge in [0.15, 0.2) is 0 Å². The van der Waals surface area contributed by atoms with Crippen LogP contribution >= 0.6 is 11.6 Å². The van der Waals surface area contributed by atoms with Crippen LogP contribution in [0, 0.1) is 27.3 Å². The summed E-state index contributed by atoms with van der Waals surface area (Å²) in [5.74, 6) is -1.48. The smallest absolute Gasteiger partial charge is 0.347 e. The van der Waals surface area contributed by atoms with Crippen LogP contribution in [0.1, 0.15) is 5.56 Å². The normalized spacial score (nSPS) is 9.91. The van der Waals surface area contributed by atoms with Crippen LogP contribution in [0.2, 0.25) is 5.02 Å². The van der Waals surface area contributed by atoms with E-state index in [2.05, 4.69) is 0 Å². The van der Waals surface area contributed by atoms with E-state index in [0.29, 0.717) is 0 Å².